The summed E-state index contributed by atoms with van der Waals surface area (Å²) in [6.45, 7) is 0.299. The van der Waals surface area contributed by atoms with Crippen LogP contribution in [0.5, 0.6) is 17.2 Å². The fourth-order valence-electron chi connectivity index (χ4n) is 2.79. The molecular formula is C23H22N2O5. The van der Waals surface area contributed by atoms with Crippen molar-refractivity contribution in [3.05, 3.63) is 83.4 Å². The Morgan fingerprint density at radius 2 is 1.80 bits per heavy atom. The summed E-state index contributed by atoms with van der Waals surface area (Å²) in [5.41, 5.74) is 4.99. The van der Waals surface area contributed by atoms with E-state index >= 15 is 0 Å². The first kappa shape index (κ1) is 20.7. The van der Waals surface area contributed by atoms with Crippen LogP contribution in [0.1, 0.15) is 21.5 Å². The summed E-state index contributed by atoms with van der Waals surface area (Å²) >= 11 is 0. The second-order valence-corrected chi connectivity index (χ2v) is 6.26. The molecule has 0 fully saturated rings. The van der Waals surface area contributed by atoms with Gasteiger partial charge in [-0.1, -0.05) is 18.2 Å². The van der Waals surface area contributed by atoms with Gasteiger partial charge in [-0.15, -0.1) is 0 Å². The van der Waals surface area contributed by atoms with Crippen LogP contribution in [-0.4, -0.2) is 31.5 Å². The van der Waals surface area contributed by atoms with E-state index < -0.39 is 5.97 Å². The van der Waals surface area contributed by atoms with Crippen LogP contribution in [0.15, 0.2) is 71.8 Å². The standard InChI is InChI=1S/C23H22N2O5/c1-28-18-6-5-7-19(13-18)30-15-17-12-16(10-11-22(17)29-2)14-24-25-21-9-4-3-8-20(21)23(26)27/h3-14,25H,15H2,1-2H3,(H,26,27)/b24-14+. The lowest BCUT2D eigenvalue weighted by molar-refractivity contribution is 0.0698. The molecule has 0 aromatic heterocycles. The number of carbonyl (C=O) groups is 1. The van der Waals surface area contributed by atoms with E-state index in [4.69, 9.17) is 14.2 Å². The molecule has 0 saturated carbocycles. The van der Waals surface area contributed by atoms with Crippen molar-refractivity contribution >= 4 is 17.9 Å². The summed E-state index contributed by atoms with van der Waals surface area (Å²) in [7, 11) is 3.20. The minimum Gasteiger partial charge on any atom is -0.497 e. The number of nitrogens with one attached hydrogen (secondary N) is 1. The van der Waals surface area contributed by atoms with E-state index in [0.717, 1.165) is 11.1 Å². The molecule has 0 aliphatic rings. The van der Waals surface area contributed by atoms with Gasteiger partial charge in [-0.05, 0) is 48.0 Å². The van der Waals surface area contributed by atoms with Gasteiger partial charge in [-0.3, -0.25) is 5.43 Å². The number of carboxylic acids is 1. The highest BCUT2D eigenvalue weighted by atomic mass is 16.5. The number of benzene rings is 3. The van der Waals surface area contributed by atoms with Crippen molar-refractivity contribution in [2.24, 2.45) is 5.10 Å². The highest BCUT2D eigenvalue weighted by Gasteiger charge is 2.08. The van der Waals surface area contributed by atoms with Crippen molar-refractivity contribution in [3.8, 4) is 17.2 Å². The van der Waals surface area contributed by atoms with Gasteiger partial charge in [0.05, 0.1) is 31.7 Å². The van der Waals surface area contributed by atoms with E-state index in [1.54, 1.807) is 38.6 Å². The molecule has 0 aliphatic heterocycles. The fourth-order valence-corrected chi connectivity index (χ4v) is 2.79. The van der Waals surface area contributed by atoms with Gasteiger partial charge in [0, 0.05) is 11.6 Å². The van der Waals surface area contributed by atoms with Crippen LogP contribution in [0.2, 0.25) is 0 Å². The van der Waals surface area contributed by atoms with Crippen LogP contribution in [0.3, 0.4) is 0 Å². The molecule has 3 aromatic rings. The minimum atomic E-state index is -1.02. The molecule has 0 aliphatic carbocycles. The molecule has 7 heteroatoms. The third kappa shape index (κ3) is 5.29. The first-order valence-corrected chi connectivity index (χ1v) is 9.16. The zero-order chi connectivity index (χ0) is 21.3. The van der Waals surface area contributed by atoms with Crippen LogP contribution >= 0.6 is 0 Å². The SMILES string of the molecule is COc1cccc(OCc2cc(/C=N/Nc3ccccc3C(=O)O)ccc2OC)c1. The lowest BCUT2D eigenvalue weighted by atomic mass is 10.1. The summed E-state index contributed by atoms with van der Waals surface area (Å²) in [6.07, 6.45) is 1.60. The van der Waals surface area contributed by atoms with Crippen LogP contribution in [0.25, 0.3) is 0 Å². The quantitative estimate of drug-likeness (QED) is 0.404. The predicted molar refractivity (Wildman–Crippen MR) is 115 cm³/mol. The van der Waals surface area contributed by atoms with Gasteiger partial charge in [-0.2, -0.15) is 5.10 Å². The number of nitrogens with zero attached hydrogens (tertiary/aromatic N) is 1. The number of hydrazone groups is 1. The largest absolute Gasteiger partial charge is 0.497 e. The van der Waals surface area contributed by atoms with Gasteiger partial charge in [-0.25, -0.2) is 4.79 Å². The zero-order valence-electron chi connectivity index (χ0n) is 16.7. The van der Waals surface area contributed by atoms with Crippen LogP contribution < -0.4 is 19.6 Å². The number of rotatable bonds is 9. The van der Waals surface area contributed by atoms with Crippen molar-refractivity contribution in [1.82, 2.24) is 0 Å². The maximum absolute atomic E-state index is 11.3. The van der Waals surface area contributed by atoms with Crippen LogP contribution in [0, 0.1) is 0 Å². The van der Waals surface area contributed by atoms with Crippen molar-refractivity contribution in [3.63, 3.8) is 0 Å². The highest BCUT2D eigenvalue weighted by Crippen LogP contribution is 2.24. The van der Waals surface area contributed by atoms with Gasteiger partial charge in [0.15, 0.2) is 0 Å². The topological polar surface area (TPSA) is 89.4 Å². The monoisotopic (exact) mass is 406 g/mol. The fraction of sp³-hybridized carbons (Fsp3) is 0.130. The number of hydrogen-bond donors (Lipinski definition) is 2. The highest BCUT2D eigenvalue weighted by molar-refractivity contribution is 5.94. The van der Waals surface area contributed by atoms with Gasteiger partial charge in [0.1, 0.15) is 23.9 Å². The van der Waals surface area contributed by atoms with Crippen molar-refractivity contribution < 1.29 is 24.1 Å². The molecule has 30 heavy (non-hydrogen) atoms. The van der Waals surface area contributed by atoms with E-state index in [1.807, 2.05) is 42.5 Å². The second-order valence-electron chi connectivity index (χ2n) is 6.26. The molecule has 0 heterocycles. The summed E-state index contributed by atoms with van der Waals surface area (Å²) < 4.78 is 16.5. The number of carboxylic acid groups (broad SMARTS) is 1. The van der Waals surface area contributed by atoms with Gasteiger partial charge >= 0.3 is 5.97 Å². The van der Waals surface area contributed by atoms with Crippen molar-refractivity contribution in [1.29, 1.82) is 0 Å². The number of aromatic carboxylic acids is 1. The maximum atomic E-state index is 11.3. The van der Waals surface area contributed by atoms with Gasteiger partial charge < -0.3 is 19.3 Å². The van der Waals surface area contributed by atoms with Crippen LogP contribution in [0.4, 0.5) is 5.69 Å². The summed E-state index contributed by atoms with van der Waals surface area (Å²) in [5.74, 6) is 1.07. The summed E-state index contributed by atoms with van der Waals surface area (Å²) in [6, 6.07) is 19.5. The number of hydrogen-bond acceptors (Lipinski definition) is 6. The molecule has 0 spiro atoms. The Morgan fingerprint density at radius 3 is 2.57 bits per heavy atom. The van der Waals surface area contributed by atoms with E-state index in [1.165, 1.54) is 6.07 Å². The molecule has 154 valence electrons. The molecule has 0 amide bonds. The number of para-hydroxylation sites is 1. The van der Waals surface area contributed by atoms with E-state index in [2.05, 4.69) is 10.5 Å². The van der Waals surface area contributed by atoms with Gasteiger partial charge in [0.2, 0.25) is 0 Å². The molecule has 0 saturated heterocycles. The lowest BCUT2D eigenvalue weighted by Crippen LogP contribution is -2.02. The molecule has 2 N–H and O–H groups in total. The van der Waals surface area contributed by atoms with Gasteiger partial charge in [0.25, 0.3) is 0 Å². The molecule has 3 aromatic carbocycles. The summed E-state index contributed by atoms with van der Waals surface area (Å²) in [4.78, 5) is 11.3. The van der Waals surface area contributed by atoms with Crippen LogP contribution in [-0.2, 0) is 6.61 Å². The Bertz CT molecular complexity index is 1050. The molecule has 0 unspecified atom stereocenters. The predicted octanol–water partition coefficient (Wildman–Crippen LogP) is 4.43. The molecule has 3 rings (SSSR count). The first-order chi connectivity index (χ1) is 14.6. The molecule has 0 radical (unpaired) electrons. The molecule has 0 bridgehead atoms. The smallest absolute Gasteiger partial charge is 0.337 e. The third-order valence-electron chi connectivity index (χ3n) is 4.30. The number of anilines is 1. The Hall–Kier alpha value is -4.00. The van der Waals surface area contributed by atoms with E-state index in [0.29, 0.717) is 29.5 Å². The molecule has 7 nitrogen and oxygen atoms in total. The maximum Gasteiger partial charge on any atom is 0.337 e. The Labute approximate surface area is 174 Å². The van der Waals surface area contributed by atoms with Crippen molar-refractivity contribution in [2.45, 2.75) is 6.61 Å². The Balaban J connectivity index is 1.72. The average molecular weight is 406 g/mol. The Morgan fingerprint density at radius 1 is 1.00 bits per heavy atom. The molecular weight excluding hydrogens is 384 g/mol. The van der Waals surface area contributed by atoms with E-state index in [9.17, 15) is 9.90 Å². The molecule has 0 atom stereocenters. The van der Waals surface area contributed by atoms with E-state index in [-0.39, 0.29) is 5.56 Å². The third-order valence-corrected chi connectivity index (χ3v) is 4.30. The first-order valence-electron chi connectivity index (χ1n) is 9.16. The van der Waals surface area contributed by atoms with Crippen molar-refractivity contribution in [2.75, 3.05) is 19.6 Å². The number of methoxy groups -OCH3 is 2. The zero-order valence-corrected chi connectivity index (χ0v) is 16.7. The normalized spacial score (nSPS) is 10.6. The lowest BCUT2D eigenvalue weighted by Gasteiger charge is -2.12. The second kappa shape index (κ2) is 9.97. The minimum absolute atomic E-state index is 0.150. The number of ether oxygens (including phenoxy) is 3. The summed E-state index contributed by atoms with van der Waals surface area (Å²) in [5, 5.41) is 13.4. The Kier molecular flexibility index (Phi) is 6.89. The average Bonchev–Trinajstić information content (AvgIpc) is 2.78.